The minimum Gasteiger partial charge on any atom is -0.407 e. The Hall–Kier alpha value is -1.85. The summed E-state index contributed by atoms with van der Waals surface area (Å²) in [4.78, 5) is 6.31. The van der Waals surface area contributed by atoms with Crippen LogP contribution < -0.4 is 4.90 Å². The van der Waals surface area contributed by atoms with E-state index in [9.17, 15) is 0 Å². The van der Waals surface area contributed by atoms with E-state index in [0.717, 1.165) is 25.2 Å². The Balaban J connectivity index is 1.87. The van der Waals surface area contributed by atoms with Gasteiger partial charge in [0.25, 0.3) is 0 Å². The molecule has 0 aliphatic heterocycles. The first kappa shape index (κ1) is 14.6. The van der Waals surface area contributed by atoms with E-state index in [1.807, 2.05) is 36.0 Å². The first-order valence-corrected chi connectivity index (χ1v) is 6.89. The van der Waals surface area contributed by atoms with Gasteiger partial charge in [0.2, 0.25) is 5.89 Å². The average molecular weight is 277 g/mol. The van der Waals surface area contributed by atoms with Gasteiger partial charge in [-0.15, -0.1) is 5.10 Å². The van der Waals surface area contributed by atoms with E-state index in [-0.39, 0.29) is 5.41 Å². The third-order valence-corrected chi connectivity index (χ3v) is 3.20. The second kappa shape index (κ2) is 5.64. The van der Waals surface area contributed by atoms with Gasteiger partial charge in [-0.25, -0.2) is 4.98 Å². The summed E-state index contributed by atoms with van der Waals surface area (Å²) in [5, 5.41) is 8.21. The highest BCUT2D eigenvalue weighted by atomic mass is 16.4. The fourth-order valence-electron chi connectivity index (χ4n) is 1.88. The standard InChI is InChI=1S/C14H23N5O/c1-14(2,3)12-16-17-13(20-12)19(5)9-6-7-11-15-8-10-18(11)4/h8,10H,6-7,9H2,1-5H3. The second-order valence-corrected chi connectivity index (χ2v) is 6.12. The van der Waals surface area contributed by atoms with Crippen LogP contribution in [0.15, 0.2) is 16.8 Å². The molecule has 110 valence electrons. The van der Waals surface area contributed by atoms with Crippen LogP contribution >= 0.6 is 0 Å². The molecule has 2 heterocycles. The zero-order chi connectivity index (χ0) is 14.8. The van der Waals surface area contributed by atoms with Gasteiger partial charge in [0.15, 0.2) is 0 Å². The lowest BCUT2D eigenvalue weighted by Gasteiger charge is -2.15. The molecule has 0 aliphatic rings. The van der Waals surface area contributed by atoms with Crippen molar-refractivity contribution in [3.8, 4) is 0 Å². The van der Waals surface area contributed by atoms with Crippen molar-refractivity contribution in [1.29, 1.82) is 0 Å². The molecule has 6 nitrogen and oxygen atoms in total. The number of aromatic nitrogens is 4. The van der Waals surface area contributed by atoms with E-state index in [2.05, 4.69) is 36.0 Å². The third-order valence-electron chi connectivity index (χ3n) is 3.20. The Morgan fingerprint density at radius 3 is 2.60 bits per heavy atom. The Labute approximate surface area is 119 Å². The highest BCUT2D eigenvalue weighted by molar-refractivity contribution is 5.22. The first-order valence-electron chi connectivity index (χ1n) is 6.89. The molecular weight excluding hydrogens is 254 g/mol. The van der Waals surface area contributed by atoms with E-state index in [4.69, 9.17) is 4.42 Å². The van der Waals surface area contributed by atoms with Crippen molar-refractivity contribution in [3.63, 3.8) is 0 Å². The largest absolute Gasteiger partial charge is 0.407 e. The van der Waals surface area contributed by atoms with Gasteiger partial charge in [-0.05, 0) is 6.42 Å². The minimum absolute atomic E-state index is 0.112. The highest BCUT2D eigenvalue weighted by Gasteiger charge is 2.22. The fourth-order valence-corrected chi connectivity index (χ4v) is 1.88. The van der Waals surface area contributed by atoms with Gasteiger partial charge in [-0.3, -0.25) is 0 Å². The maximum atomic E-state index is 5.70. The maximum absolute atomic E-state index is 5.70. The lowest BCUT2D eigenvalue weighted by molar-refractivity contribution is 0.393. The summed E-state index contributed by atoms with van der Waals surface area (Å²) >= 11 is 0. The van der Waals surface area contributed by atoms with Gasteiger partial charge < -0.3 is 13.9 Å². The Bertz CT molecular complexity index is 552. The average Bonchev–Trinajstić information content (AvgIpc) is 2.98. The van der Waals surface area contributed by atoms with Crippen LogP contribution in [0.25, 0.3) is 0 Å². The molecule has 0 radical (unpaired) electrons. The van der Waals surface area contributed by atoms with Crippen molar-refractivity contribution >= 4 is 6.01 Å². The third kappa shape index (κ3) is 3.37. The van der Waals surface area contributed by atoms with Crippen molar-refractivity contribution < 1.29 is 4.42 Å². The summed E-state index contributed by atoms with van der Waals surface area (Å²) in [5.74, 6) is 1.77. The number of hydrogen-bond donors (Lipinski definition) is 0. The summed E-state index contributed by atoms with van der Waals surface area (Å²) in [5.41, 5.74) is -0.112. The first-order chi connectivity index (χ1) is 9.38. The van der Waals surface area contributed by atoms with Crippen LogP contribution in [0.5, 0.6) is 0 Å². The normalized spacial score (nSPS) is 11.8. The molecule has 0 N–H and O–H groups in total. The monoisotopic (exact) mass is 277 g/mol. The number of rotatable bonds is 5. The van der Waals surface area contributed by atoms with Crippen LogP contribution in [0.4, 0.5) is 6.01 Å². The van der Waals surface area contributed by atoms with Crippen LogP contribution in [0.1, 0.15) is 38.9 Å². The summed E-state index contributed by atoms with van der Waals surface area (Å²) in [7, 11) is 3.98. The second-order valence-electron chi connectivity index (χ2n) is 6.12. The van der Waals surface area contributed by atoms with Crippen LogP contribution in [0.2, 0.25) is 0 Å². The summed E-state index contributed by atoms with van der Waals surface area (Å²) < 4.78 is 7.75. The van der Waals surface area contributed by atoms with Crippen LogP contribution in [0, 0.1) is 0 Å². The molecule has 6 heteroatoms. The van der Waals surface area contributed by atoms with E-state index < -0.39 is 0 Å². The van der Waals surface area contributed by atoms with Gasteiger partial charge in [0, 0.05) is 44.9 Å². The Morgan fingerprint density at radius 1 is 1.30 bits per heavy atom. The molecule has 0 aliphatic carbocycles. The number of aryl methyl sites for hydroxylation is 2. The van der Waals surface area contributed by atoms with E-state index in [1.54, 1.807) is 0 Å². The predicted molar refractivity (Wildman–Crippen MR) is 77.8 cm³/mol. The van der Waals surface area contributed by atoms with Gasteiger partial charge in [0.1, 0.15) is 5.82 Å². The molecule has 0 aromatic carbocycles. The minimum atomic E-state index is -0.112. The molecule has 2 rings (SSSR count). The molecule has 2 aromatic heterocycles. The maximum Gasteiger partial charge on any atom is 0.317 e. The molecule has 0 atom stereocenters. The predicted octanol–water partition coefficient (Wildman–Crippen LogP) is 2.17. The SMILES string of the molecule is CN(CCCc1nccn1C)c1nnc(C(C)(C)C)o1. The highest BCUT2D eigenvalue weighted by Crippen LogP contribution is 2.23. The van der Waals surface area contributed by atoms with Crippen LogP contribution in [-0.2, 0) is 18.9 Å². The Morgan fingerprint density at radius 2 is 2.05 bits per heavy atom. The number of imidazole rings is 1. The summed E-state index contributed by atoms with van der Waals surface area (Å²) in [6, 6.07) is 0.578. The lowest BCUT2D eigenvalue weighted by atomic mass is 9.97. The molecule has 0 bridgehead atoms. The van der Waals surface area contributed by atoms with Crippen LogP contribution in [0.3, 0.4) is 0 Å². The topological polar surface area (TPSA) is 60.0 Å². The molecule has 0 unspecified atom stereocenters. The van der Waals surface area contributed by atoms with Gasteiger partial charge in [-0.2, -0.15) is 0 Å². The van der Waals surface area contributed by atoms with Crippen molar-refractivity contribution in [2.75, 3.05) is 18.5 Å². The fraction of sp³-hybridized carbons (Fsp3) is 0.643. The molecule has 0 fully saturated rings. The smallest absolute Gasteiger partial charge is 0.317 e. The lowest BCUT2D eigenvalue weighted by Crippen LogP contribution is -2.19. The Kier molecular flexibility index (Phi) is 4.11. The van der Waals surface area contributed by atoms with Crippen molar-refractivity contribution in [3.05, 3.63) is 24.1 Å². The van der Waals surface area contributed by atoms with Crippen LogP contribution in [-0.4, -0.2) is 33.3 Å². The molecule has 0 spiro atoms. The number of hydrogen-bond acceptors (Lipinski definition) is 5. The molecule has 0 saturated carbocycles. The van der Waals surface area contributed by atoms with Crippen molar-refractivity contribution in [2.45, 2.75) is 39.0 Å². The van der Waals surface area contributed by atoms with Gasteiger partial charge in [0.05, 0.1) is 0 Å². The summed E-state index contributed by atoms with van der Waals surface area (Å²) in [6.07, 6.45) is 5.72. The quantitative estimate of drug-likeness (QED) is 0.838. The van der Waals surface area contributed by atoms with E-state index in [1.165, 1.54) is 0 Å². The van der Waals surface area contributed by atoms with Gasteiger partial charge >= 0.3 is 6.01 Å². The van der Waals surface area contributed by atoms with Gasteiger partial charge in [-0.1, -0.05) is 25.9 Å². The number of nitrogens with zero attached hydrogens (tertiary/aromatic N) is 5. The molecule has 2 aromatic rings. The number of anilines is 1. The zero-order valence-corrected chi connectivity index (χ0v) is 12.9. The molecule has 0 saturated heterocycles. The van der Waals surface area contributed by atoms with E-state index >= 15 is 0 Å². The molecule has 0 amide bonds. The molecule has 20 heavy (non-hydrogen) atoms. The molecular formula is C14H23N5O. The van der Waals surface area contributed by atoms with Crippen molar-refractivity contribution in [1.82, 2.24) is 19.7 Å². The zero-order valence-electron chi connectivity index (χ0n) is 12.9. The van der Waals surface area contributed by atoms with Crippen molar-refractivity contribution in [2.24, 2.45) is 7.05 Å². The summed E-state index contributed by atoms with van der Waals surface area (Å²) in [6.45, 7) is 7.04. The van der Waals surface area contributed by atoms with E-state index in [0.29, 0.717) is 11.9 Å².